The monoisotopic (exact) mass is 190 g/mol. The van der Waals surface area contributed by atoms with E-state index in [1.807, 2.05) is 0 Å². The molecule has 0 aromatic carbocycles. The van der Waals surface area contributed by atoms with Gasteiger partial charge in [0.1, 0.15) is 0 Å². The molecule has 0 spiro atoms. The average Bonchev–Trinajstić information content (AvgIpc) is 2.03. The molecule has 0 fully saturated rings. The van der Waals surface area contributed by atoms with Gasteiger partial charge in [-0.15, -0.1) is 0 Å². The number of nitrogens with zero attached hydrogens (tertiary/aromatic N) is 2. The molecule has 0 aromatic rings. The first-order chi connectivity index (χ1) is 6.07. The Bertz CT molecular complexity index is 225. The third kappa shape index (κ3) is 5.59. The summed E-state index contributed by atoms with van der Waals surface area (Å²) >= 11 is 0. The van der Waals surface area contributed by atoms with Crippen LogP contribution in [0.3, 0.4) is 0 Å². The highest BCUT2D eigenvalue weighted by Gasteiger charge is 2.09. The maximum Gasteiger partial charge on any atom is 0.353 e. The Morgan fingerprint density at radius 3 is 2.46 bits per heavy atom. The normalized spacial score (nSPS) is 11.2. The van der Waals surface area contributed by atoms with Crippen LogP contribution in [0, 0.1) is 10.1 Å². The third-order valence-electron chi connectivity index (χ3n) is 1.37. The fraction of sp³-hybridized carbons (Fsp3) is 0.667. The molecule has 7 heteroatoms. The van der Waals surface area contributed by atoms with E-state index in [0.717, 1.165) is 0 Å². The van der Waals surface area contributed by atoms with Crippen molar-refractivity contribution >= 4 is 11.7 Å². The van der Waals surface area contributed by atoms with Gasteiger partial charge in [-0.05, 0) is 6.42 Å². The number of rotatable bonds is 6. The minimum atomic E-state index is -1.30. The van der Waals surface area contributed by atoms with E-state index in [1.165, 1.54) is 0 Å². The number of carboxylic acids is 1. The molecule has 0 rings (SSSR count). The molecule has 7 nitrogen and oxygen atoms in total. The van der Waals surface area contributed by atoms with E-state index in [0.29, 0.717) is 6.42 Å². The first kappa shape index (κ1) is 11.3. The Morgan fingerprint density at radius 2 is 2.08 bits per heavy atom. The standard InChI is InChI=1S/C6H10N2O5/c9-6(10)5(7-11)3-1-2-4-8(12)13/h11H,1-4H2,(H,9,10)/b7-5-. The maximum absolute atomic E-state index is 10.2. The Kier molecular flexibility index (Phi) is 5.17. The summed E-state index contributed by atoms with van der Waals surface area (Å²) in [5, 5.41) is 28.9. The van der Waals surface area contributed by atoms with Gasteiger partial charge in [-0.1, -0.05) is 5.16 Å². The SMILES string of the molecule is O=C(O)/C(CCCC[N+](=O)[O-])=N\O. The van der Waals surface area contributed by atoms with Gasteiger partial charge in [0, 0.05) is 17.8 Å². The predicted octanol–water partition coefficient (Wildman–Crippen LogP) is 0.348. The molecule has 0 heterocycles. The van der Waals surface area contributed by atoms with Gasteiger partial charge in [-0.2, -0.15) is 0 Å². The topological polar surface area (TPSA) is 113 Å². The van der Waals surface area contributed by atoms with Crippen LogP contribution in [0.2, 0.25) is 0 Å². The number of oxime groups is 1. The molecule has 0 bridgehead atoms. The minimum absolute atomic E-state index is 0.0413. The number of unbranched alkanes of at least 4 members (excludes halogenated alkanes) is 1. The average molecular weight is 190 g/mol. The van der Waals surface area contributed by atoms with Crippen molar-refractivity contribution in [3.05, 3.63) is 10.1 Å². The highest BCUT2D eigenvalue weighted by Crippen LogP contribution is 1.98. The molecule has 0 aromatic heterocycles. The second kappa shape index (κ2) is 5.92. The summed E-state index contributed by atoms with van der Waals surface area (Å²) in [6.45, 7) is -0.196. The fourth-order valence-corrected chi connectivity index (χ4v) is 0.733. The number of hydrogen-bond acceptors (Lipinski definition) is 5. The maximum atomic E-state index is 10.2. The summed E-state index contributed by atoms with van der Waals surface area (Å²) in [7, 11) is 0. The van der Waals surface area contributed by atoms with E-state index in [9.17, 15) is 14.9 Å². The number of nitro groups is 1. The lowest BCUT2D eigenvalue weighted by Crippen LogP contribution is -2.13. The van der Waals surface area contributed by atoms with Gasteiger partial charge >= 0.3 is 5.97 Å². The Morgan fingerprint density at radius 1 is 1.46 bits per heavy atom. The third-order valence-corrected chi connectivity index (χ3v) is 1.37. The predicted molar refractivity (Wildman–Crippen MR) is 42.6 cm³/mol. The first-order valence-corrected chi connectivity index (χ1v) is 3.64. The van der Waals surface area contributed by atoms with Crippen molar-refractivity contribution in [2.24, 2.45) is 5.16 Å². The summed E-state index contributed by atoms with van der Waals surface area (Å²) in [6, 6.07) is 0. The molecule has 0 amide bonds. The van der Waals surface area contributed by atoms with Gasteiger partial charge in [0.2, 0.25) is 6.54 Å². The van der Waals surface area contributed by atoms with Gasteiger partial charge in [0.25, 0.3) is 0 Å². The summed E-state index contributed by atoms with van der Waals surface area (Å²) in [5.74, 6) is -1.30. The van der Waals surface area contributed by atoms with Gasteiger partial charge in [-0.25, -0.2) is 4.79 Å². The quantitative estimate of drug-likeness (QED) is 0.206. The van der Waals surface area contributed by atoms with E-state index < -0.39 is 10.9 Å². The van der Waals surface area contributed by atoms with E-state index in [2.05, 4.69) is 5.16 Å². The Labute approximate surface area is 73.8 Å². The van der Waals surface area contributed by atoms with E-state index in [-0.39, 0.29) is 25.1 Å². The molecule has 0 aliphatic rings. The van der Waals surface area contributed by atoms with E-state index in [1.54, 1.807) is 0 Å². The van der Waals surface area contributed by atoms with E-state index >= 15 is 0 Å². The lowest BCUT2D eigenvalue weighted by molar-refractivity contribution is -0.480. The van der Waals surface area contributed by atoms with Crippen LogP contribution in [0.4, 0.5) is 0 Å². The zero-order valence-corrected chi connectivity index (χ0v) is 6.84. The van der Waals surface area contributed by atoms with Crippen LogP contribution < -0.4 is 0 Å². The molecule has 13 heavy (non-hydrogen) atoms. The number of hydrogen-bond donors (Lipinski definition) is 2. The molecule has 0 unspecified atom stereocenters. The number of aliphatic carboxylic acids is 1. The van der Waals surface area contributed by atoms with Crippen molar-refractivity contribution in [3.8, 4) is 0 Å². The zero-order valence-electron chi connectivity index (χ0n) is 6.84. The Hall–Kier alpha value is -1.66. The number of carboxylic acid groups (broad SMARTS) is 1. The lowest BCUT2D eigenvalue weighted by atomic mass is 10.2. The van der Waals surface area contributed by atoms with Crippen molar-refractivity contribution in [1.29, 1.82) is 0 Å². The van der Waals surface area contributed by atoms with Gasteiger partial charge in [0.05, 0.1) is 0 Å². The molecule has 0 radical (unpaired) electrons. The summed E-state index contributed by atoms with van der Waals surface area (Å²) in [5.41, 5.74) is -0.372. The lowest BCUT2D eigenvalue weighted by Gasteiger charge is -1.96. The van der Waals surface area contributed by atoms with Crippen LogP contribution in [0.25, 0.3) is 0 Å². The van der Waals surface area contributed by atoms with Crippen LogP contribution in [-0.2, 0) is 4.79 Å². The Balaban J connectivity index is 3.63. The molecule has 0 aliphatic carbocycles. The highest BCUT2D eigenvalue weighted by molar-refractivity contribution is 6.35. The highest BCUT2D eigenvalue weighted by atomic mass is 16.6. The second-order valence-electron chi connectivity index (χ2n) is 2.37. The molecule has 0 saturated heterocycles. The fourth-order valence-electron chi connectivity index (χ4n) is 0.733. The van der Waals surface area contributed by atoms with Crippen LogP contribution >= 0.6 is 0 Å². The van der Waals surface area contributed by atoms with Gasteiger partial charge in [-0.3, -0.25) is 10.1 Å². The summed E-state index contributed by atoms with van der Waals surface area (Å²) in [4.78, 5) is 19.6. The van der Waals surface area contributed by atoms with E-state index in [4.69, 9.17) is 10.3 Å². The molecule has 0 atom stereocenters. The van der Waals surface area contributed by atoms with Crippen LogP contribution in [-0.4, -0.2) is 33.5 Å². The first-order valence-electron chi connectivity index (χ1n) is 3.64. The van der Waals surface area contributed by atoms with Crippen molar-refractivity contribution in [2.45, 2.75) is 19.3 Å². The smallest absolute Gasteiger partial charge is 0.353 e. The largest absolute Gasteiger partial charge is 0.477 e. The van der Waals surface area contributed by atoms with Crippen molar-refractivity contribution in [1.82, 2.24) is 0 Å². The van der Waals surface area contributed by atoms with Crippen LogP contribution in [0.15, 0.2) is 5.16 Å². The molecular weight excluding hydrogens is 180 g/mol. The summed E-state index contributed by atoms with van der Waals surface area (Å²) < 4.78 is 0. The molecule has 74 valence electrons. The van der Waals surface area contributed by atoms with Crippen molar-refractivity contribution < 1.29 is 20.0 Å². The van der Waals surface area contributed by atoms with Gasteiger partial charge in [0.15, 0.2) is 5.71 Å². The van der Waals surface area contributed by atoms with Crippen LogP contribution in [0.1, 0.15) is 19.3 Å². The molecule has 2 N–H and O–H groups in total. The summed E-state index contributed by atoms with van der Waals surface area (Å²) in [6.07, 6.45) is 0.644. The minimum Gasteiger partial charge on any atom is -0.477 e. The molecular formula is C6H10N2O5. The van der Waals surface area contributed by atoms with Gasteiger partial charge < -0.3 is 10.3 Å². The number of carbonyl (C=O) groups is 1. The molecule has 0 aliphatic heterocycles. The van der Waals surface area contributed by atoms with Crippen molar-refractivity contribution in [3.63, 3.8) is 0 Å². The second-order valence-corrected chi connectivity index (χ2v) is 2.37. The zero-order chi connectivity index (χ0) is 10.3. The van der Waals surface area contributed by atoms with Crippen molar-refractivity contribution in [2.75, 3.05) is 6.54 Å². The van der Waals surface area contributed by atoms with Crippen LogP contribution in [0.5, 0.6) is 0 Å². The molecule has 0 saturated carbocycles.